The summed E-state index contributed by atoms with van der Waals surface area (Å²) in [5.41, 5.74) is 8.31. The van der Waals surface area contributed by atoms with E-state index in [0.717, 1.165) is 21.5 Å². The molecule has 0 aliphatic heterocycles. The van der Waals surface area contributed by atoms with Gasteiger partial charge in [0.05, 0.1) is 18.5 Å². The molecule has 2 N–H and O–H groups in total. The van der Waals surface area contributed by atoms with E-state index in [-0.39, 0.29) is 0 Å². The summed E-state index contributed by atoms with van der Waals surface area (Å²) < 4.78 is 5.97. The number of benzene rings is 1. The van der Waals surface area contributed by atoms with E-state index in [1.54, 1.807) is 13.3 Å². The summed E-state index contributed by atoms with van der Waals surface area (Å²) in [5.74, 6) is 0.819. The van der Waals surface area contributed by atoms with E-state index < -0.39 is 0 Å². The van der Waals surface area contributed by atoms with Crippen molar-refractivity contribution in [3.63, 3.8) is 0 Å². The molecule has 0 aliphatic rings. The average molecular weight is 279 g/mol. The fraction of sp³-hybridized carbons (Fsp3) is 0.0833. The zero-order chi connectivity index (χ0) is 11.5. The van der Waals surface area contributed by atoms with Gasteiger partial charge in [0.25, 0.3) is 0 Å². The average Bonchev–Trinajstić information content (AvgIpc) is 2.29. The third-order valence-electron chi connectivity index (χ3n) is 2.25. The van der Waals surface area contributed by atoms with Crippen molar-refractivity contribution >= 4 is 21.6 Å². The van der Waals surface area contributed by atoms with Gasteiger partial charge in [0.2, 0.25) is 0 Å². The molecule has 0 spiro atoms. The third-order valence-corrected chi connectivity index (χ3v) is 2.68. The van der Waals surface area contributed by atoms with Crippen LogP contribution in [0.15, 0.2) is 41.0 Å². The predicted molar refractivity (Wildman–Crippen MR) is 68.3 cm³/mol. The molecule has 1 heterocycles. The number of pyridine rings is 1. The highest BCUT2D eigenvalue weighted by Gasteiger charge is 2.04. The van der Waals surface area contributed by atoms with Gasteiger partial charge < -0.3 is 10.5 Å². The van der Waals surface area contributed by atoms with Gasteiger partial charge in [-0.25, -0.2) is 0 Å². The van der Waals surface area contributed by atoms with Gasteiger partial charge in [-0.15, -0.1) is 0 Å². The molecule has 0 saturated carbocycles. The van der Waals surface area contributed by atoms with Crippen molar-refractivity contribution in [2.75, 3.05) is 12.8 Å². The molecule has 82 valence electrons. The number of hydrogen-bond donors (Lipinski definition) is 1. The molecule has 0 saturated heterocycles. The second kappa shape index (κ2) is 4.53. The van der Waals surface area contributed by atoms with Crippen molar-refractivity contribution in [2.45, 2.75) is 0 Å². The predicted octanol–water partition coefficient (Wildman–Crippen LogP) is 3.10. The van der Waals surface area contributed by atoms with Gasteiger partial charge in [0.15, 0.2) is 0 Å². The Morgan fingerprint density at radius 2 is 1.94 bits per heavy atom. The Labute approximate surface area is 102 Å². The minimum Gasteiger partial charge on any atom is -0.497 e. The minimum atomic E-state index is 0.652. The summed E-state index contributed by atoms with van der Waals surface area (Å²) in [4.78, 5) is 4.29. The quantitative estimate of drug-likeness (QED) is 0.918. The molecular formula is C12H11BrN2O. The molecule has 0 radical (unpaired) electrons. The minimum absolute atomic E-state index is 0.652. The Hall–Kier alpha value is -1.55. The molecule has 0 bridgehead atoms. The lowest BCUT2D eigenvalue weighted by Gasteiger charge is -2.06. The highest BCUT2D eigenvalue weighted by atomic mass is 79.9. The summed E-state index contributed by atoms with van der Waals surface area (Å²) >= 11 is 3.33. The largest absolute Gasteiger partial charge is 0.497 e. The Morgan fingerprint density at radius 3 is 2.50 bits per heavy atom. The molecule has 4 heteroatoms. The van der Waals surface area contributed by atoms with E-state index in [4.69, 9.17) is 10.5 Å². The SMILES string of the molecule is COc1ccc(-c2ncc(Br)cc2N)cc1. The molecule has 3 nitrogen and oxygen atoms in total. The molecule has 0 aliphatic carbocycles. The van der Waals surface area contributed by atoms with Crippen LogP contribution in [0.3, 0.4) is 0 Å². The first-order valence-corrected chi connectivity index (χ1v) is 5.55. The maximum Gasteiger partial charge on any atom is 0.118 e. The number of nitrogens with zero attached hydrogens (tertiary/aromatic N) is 1. The molecule has 16 heavy (non-hydrogen) atoms. The first-order valence-electron chi connectivity index (χ1n) is 4.76. The van der Waals surface area contributed by atoms with Crippen LogP contribution in [0.4, 0.5) is 5.69 Å². The van der Waals surface area contributed by atoms with E-state index in [0.29, 0.717) is 5.69 Å². The number of nitrogens with two attached hydrogens (primary N) is 1. The maximum atomic E-state index is 5.90. The standard InChI is InChI=1S/C12H11BrN2O/c1-16-10-4-2-8(3-5-10)12-11(14)6-9(13)7-15-12/h2-7H,14H2,1H3. The monoisotopic (exact) mass is 278 g/mol. The summed E-state index contributed by atoms with van der Waals surface area (Å²) in [6.45, 7) is 0. The van der Waals surface area contributed by atoms with Crippen LogP contribution in [0.2, 0.25) is 0 Å². The fourth-order valence-electron chi connectivity index (χ4n) is 1.45. The van der Waals surface area contributed by atoms with E-state index in [2.05, 4.69) is 20.9 Å². The Morgan fingerprint density at radius 1 is 1.25 bits per heavy atom. The van der Waals surface area contributed by atoms with Crippen molar-refractivity contribution in [1.82, 2.24) is 4.98 Å². The Bertz CT molecular complexity index is 497. The number of nitrogen functional groups attached to an aromatic ring is 1. The topological polar surface area (TPSA) is 48.1 Å². The third kappa shape index (κ3) is 2.17. The summed E-state index contributed by atoms with van der Waals surface area (Å²) in [7, 11) is 1.64. The second-order valence-electron chi connectivity index (χ2n) is 3.32. The van der Waals surface area contributed by atoms with Crippen LogP contribution in [-0.2, 0) is 0 Å². The normalized spacial score (nSPS) is 10.1. The highest BCUT2D eigenvalue weighted by molar-refractivity contribution is 9.10. The Balaban J connectivity index is 2.42. The first-order chi connectivity index (χ1) is 7.70. The van der Waals surface area contributed by atoms with Crippen LogP contribution in [-0.4, -0.2) is 12.1 Å². The van der Waals surface area contributed by atoms with E-state index in [1.807, 2.05) is 30.3 Å². The molecule has 1 aromatic carbocycles. The van der Waals surface area contributed by atoms with Crippen molar-refractivity contribution in [3.05, 3.63) is 41.0 Å². The van der Waals surface area contributed by atoms with Gasteiger partial charge in [0, 0.05) is 16.2 Å². The molecule has 2 aromatic rings. The number of anilines is 1. The number of aromatic nitrogens is 1. The zero-order valence-corrected chi connectivity index (χ0v) is 10.4. The summed E-state index contributed by atoms with van der Waals surface area (Å²) in [6.07, 6.45) is 1.73. The molecule has 2 rings (SSSR count). The van der Waals surface area contributed by atoms with E-state index >= 15 is 0 Å². The van der Waals surface area contributed by atoms with Crippen molar-refractivity contribution < 1.29 is 4.74 Å². The van der Waals surface area contributed by atoms with Crippen LogP contribution in [0.25, 0.3) is 11.3 Å². The fourth-order valence-corrected chi connectivity index (χ4v) is 1.79. The molecule has 1 aromatic heterocycles. The van der Waals surface area contributed by atoms with Gasteiger partial charge in [-0.3, -0.25) is 4.98 Å². The van der Waals surface area contributed by atoms with E-state index in [9.17, 15) is 0 Å². The summed E-state index contributed by atoms with van der Waals surface area (Å²) in [6, 6.07) is 9.49. The second-order valence-corrected chi connectivity index (χ2v) is 4.24. The lowest BCUT2D eigenvalue weighted by molar-refractivity contribution is 0.415. The number of methoxy groups -OCH3 is 1. The molecule has 0 amide bonds. The lowest BCUT2D eigenvalue weighted by Crippen LogP contribution is -1.93. The van der Waals surface area contributed by atoms with Crippen LogP contribution >= 0.6 is 15.9 Å². The van der Waals surface area contributed by atoms with Gasteiger partial charge >= 0.3 is 0 Å². The van der Waals surface area contributed by atoms with Crippen molar-refractivity contribution in [3.8, 4) is 17.0 Å². The van der Waals surface area contributed by atoms with Gasteiger partial charge in [0.1, 0.15) is 5.75 Å². The Kier molecular flexibility index (Phi) is 3.10. The first kappa shape index (κ1) is 11.0. The van der Waals surface area contributed by atoms with Crippen LogP contribution in [0.5, 0.6) is 5.75 Å². The van der Waals surface area contributed by atoms with Gasteiger partial charge in [-0.1, -0.05) is 0 Å². The van der Waals surface area contributed by atoms with Crippen molar-refractivity contribution in [1.29, 1.82) is 0 Å². The lowest BCUT2D eigenvalue weighted by atomic mass is 10.1. The molecule has 0 fully saturated rings. The van der Waals surface area contributed by atoms with Crippen LogP contribution < -0.4 is 10.5 Å². The van der Waals surface area contributed by atoms with Gasteiger partial charge in [-0.2, -0.15) is 0 Å². The van der Waals surface area contributed by atoms with Crippen LogP contribution in [0.1, 0.15) is 0 Å². The number of hydrogen-bond acceptors (Lipinski definition) is 3. The smallest absolute Gasteiger partial charge is 0.118 e. The van der Waals surface area contributed by atoms with E-state index in [1.165, 1.54) is 0 Å². The number of rotatable bonds is 2. The number of ether oxygens (including phenoxy) is 1. The van der Waals surface area contributed by atoms with Crippen molar-refractivity contribution in [2.24, 2.45) is 0 Å². The van der Waals surface area contributed by atoms with Gasteiger partial charge in [-0.05, 0) is 46.3 Å². The highest BCUT2D eigenvalue weighted by Crippen LogP contribution is 2.27. The number of halogens is 1. The molecule has 0 atom stereocenters. The zero-order valence-electron chi connectivity index (χ0n) is 8.77. The molecular weight excluding hydrogens is 268 g/mol. The summed E-state index contributed by atoms with van der Waals surface area (Å²) in [5, 5.41) is 0. The molecule has 0 unspecified atom stereocenters. The maximum absolute atomic E-state index is 5.90. The van der Waals surface area contributed by atoms with Crippen LogP contribution in [0, 0.1) is 0 Å².